The molecule has 0 aromatic rings. The van der Waals surface area contributed by atoms with Crippen LogP contribution in [0.3, 0.4) is 0 Å². The molecule has 0 aliphatic heterocycles. The van der Waals surface area contributed by atoms with Gasteiger partial charge in [0.1, 0.15) is 6.61 Å². The number of rotatable bonds is 8. The molecule has 8 heteroatoms. The Hall–Kier alpha value is -0.620. The molecule has 0 radical (unpaired) electrons. The topological polar surface area (TPSA) is 86.7 Å². The van der Waals surface area contributed by atoms with Gasteiger partial charge in [0, 0.05) is 0 Å². The minimum Gasteiger partial charge on any atom is -0.270 e. The minimum absolute atomic E-state index is 0.0304. The van der Waals surface area contributed by atoms with Gasteiger partial charge < -0.3 is 0 Å². The molecule has 0 bridgehead atoms. The third kappa shape index (κ3) is 7.64. The zero-order valence-corrected chi connectivity index (χ0v) is 10.5. The molecule has 0 N–H and O–H groups in total. The molecule has 0 saturated carbocycles. The third-order valence-corrected chi connectivity index (χ3v) is 4.06. The Morgan fingerprint density at radius 3 is 2.00 bits per heavy atom. The normalized spacial score (nSPS) is 12.2. The lowest BCUT2D eigenvalue weighted by molar-refractivity contribution is 0.337. The van der Waals surface area contributed by atoms with Crippen molar-refractivity contribution in [1.82, 2.24) is 0 Å². The van der Waals surface area contributed by atoms with Crippen LogP contribution in [0.2, 0.25) is 0 Å². The molecule has 0 heterocycles. The van der Waals surface area contributed by atoms with Gasteiger partial charge >= 0.3 is 0 Å². The summed E-state index contributed by atoms with van der Waals surface area (Å²) in [4.78, 5) is 0. The van der Waals surface area contributed by atoms with Gasteiger partial charge in [-0.25, -0.2) is 0 Å². The van der Waals surface area contributed by atoms with E-state index in [2.05, 4.69) is 8.37 Å². The van der Waals surface area contributed by atoms with E-state index in [1.54, 1.807) is 0 Å². The Bertz CT molecular complexity index is 428. The number of hydrogen-bond acceptors (Lipinski definition) is 6. The van der Waals surface area contributed by atoms with Crippen LogP contribution in [0, 0.1) is 12.3 Å². The van der Waals surface area contributed by atoms with E-state index in [0.29, 0.717) is 0 Å². The van der Waals surface area contributed by atoms with Gasteiger partial charge in [-0.05, 0) is 13.3 Å². The van der Waals surface area contributed by atoms with E-state index in [-0.39, 0.29) is 25.4 Å². The average molecular weight is 270 g/mol. The Morgan fingerprint density at radius 1 is 1.06 bits per heavy atom. The summed E-state index contributed by atoms with van der Waals surface area (Å²) < 4.78 is 53.0. The van der Waals surface area contributed by atoms with Crippen molar-refractivity contribution in [3.05, 3.63) is 0 Å². The first kappa shape index (κ1) is 15.4. The molecule has 16 heavy (non-hydrogen) atoms. The van der Waals surface area contributed by atoms with Crippen LogP contribution >= 0.6 is 0 Å². The van der Waals surface area contributed by atoms with Gasteiger partial charge in [-0.3, -0.25) is 8.37 Å². The fraction of sp³-hybridized carbons (Fsp3) is 0.750. The summed E-state index contributed by atoms with van der Waals surface area (Å²) in [5.41, 5.74) is 0. The van der Waals surface area contributed by atoms with Crippen LogP contribution in [0.5, 0.6) is 0 Å². The molecule has 0 spiro atoms. The highest BCUT2D eigenvalue weighted by Gasteiger charge is 2.15. The zero-order chi connectivity index (χ0) is 12.7. The number of terminal acetylenes is 1. The standard InChI is InChI=1S/C8H14O6S2/c1-3-6-14-16(11,12)8-5-7-15(9,10)13-4-2/h1H,4-8H2,2H3. The SMILES string of the molecule is C#CCOS(=O)(=O)CCCS(=O)(=O)OCC. The van der Waals surface area contributed by atoms with Crippen LogP contribution < -0.4 is 0 Å². The second-order valence-corrected chi connectivity index (χ2v) is 6.27. The van der Waals surface area contributed by atoms with Gasteiger partial charge in [-0.2, -0.15) is 16.8 Å². The van der Waals surface area contributed by atoms with Crippen LogP contribution in [0.1, 0.15) is 13.3 Å². The van der Waals surface area contributed by atoms with E-state index < -0.39 is 26.0 Å². The molecule has 94 valence electrons. The summed E-state index contributed by atoms with van der Waals surface area (Å²) in [7, 11) is -7.38. The van der Waals surface area contributed by atoms with Crippen molar-refractivity contribution in [3.63, 3.8) is 0 Å². The Morgan fingerprint density at radius 2 is 1.56 bits per heavy atom. The van der Waals surface area contributed by atoms with E-state index in [1.807, 2.05) is 5.92 Å². The summed E-state index contributed by atoms with van der Waals surface area (Å²) >= 11 is 0. The second-order valence-electron chi connectivity index (χ2n) is 2.75. The summed E-state index contributed by atoms with van der Waals surface area (Å²) in [6.45, 7) is 1.22. The van der Waals surface area contributed by atoms with Gasteiger partial charge in [0.05, 0.1) is 18.1 Å². The van der Waals surface area contributed by atoms with Crippen LogP contribution in [0.25, 0.3) is 0 Å². The van der Waals surface area contributed by atoms with E-state index in [0.717, 1.165) is 0 Å². The van der Waals surface area contributed by atoms with Crippen LogP contribution in [0.15, 0.2) is 0 Å². The zero-order valence-electron chi connectivity index (χ0n) is 8.88. The fourth-order valence-corrected chi connectivity index (χ4v) is 2.85. The predicted octanol–water partition coefficient (Wildman–Crippen LogP) is -0.278. The first-order valence-electron chi connectivity index (χ1n) is 4.50. The molecule has 6 nitrogen and oxygen atoms in total. The van der Waals surface area contributed by atoms with Crippen molar-refractivity contribution >= 4 is 20.2 Å². The van der Waals surface area contributed by atoms with Crippen LogP contribution in [-0.2, 0) is 28.6 Å². The van der Waals surface area contributed by atoms with E-state index in [9.17, 15) is 16.8 Å². The molecule has 0 rings (SSSR count). The van der Waals surface area contributed by atoms with Crippen LogP contribution in [-0.4, -0.2) is 41.6 Å². The highest BCUT2D eigenvalue weighted by molar-refractivity contribution is 7.87. The van der Waals surface area contributed by atoms with Gasteiger partial charge in [0.2, 0.25) is 0 Å². The lowest BCUT2D eigenvalue weighted by Gasteiger charge is -2.04. The molecule has 0 atom stereocenters. The van der Waals surface area contributed by atoms with Crippen LogP contribution in [0.4, 0.5) is 0 Å². The van der Waals surface area contributed by atoms with E-state index in [4.69, 9.17) is 6.42 Å². The molecule has 0 fully saturated rings. The maximum atomic E-state index is 11.1. The molecular formula is C8H14O6S2. The first-order chi connectivity index (χ1) is 7.33. The third-order valence-electron chi connectivity index (χ3n) is 1.41. The molecule has 0 aromatic carbocycles. The maximum absolute atomic E-state index is 11.1. The van der Waals surface area contributed by atoms with Gasteiger partial charge in [0.25, 0.3) is 20.2 Å². The first-order valence-corrected chi connectivity index (χ1v) is 7.66. The van der Waals surface area contributed by atoms with E-state index >= 15 is 0 Å². The number of hydrogen-bond donors (Lipinski definition) is 0. The Kier molecular flexibility index (Phi) is 6.59. The van der Waals surface area contributed by atoms with Crippen molar-refractivity contribution in [2.75, 3.05) is 24.7 Å². The quantitative estimate of drug-likeness (QED) is 0.445. The highest BCUT2D eigenvalue weighted by atomic mass is 32.2. The van der Waals surface area contributed by atoms with Crippen molar-refractivity contribution in [2.45, 2.75) is 13.3 Å². The summed E-state index contributed by atoms with van der Waals surface area (Å²) in [5.74, 6) is 1.24. The van der Waals surface area contributed by atoms with Gasteiger partial charge in [0.15, 0.2) is 0 Å². The summed E-state index contributed by atoms with van der Waals surface area (Å²) in [5, 5.41) is 0. The van der Waals surface area contributed by atoms with Crippen molar-refractivity contribution < 1.29 is 25.2 Å². The molecule has 0 aliphatic carbocycles. The fourth-order valence-electron chi connectivity index (χ4n) is 0.834. The van der Waals surface area contributed by atoms with Gasteiger partial charge in [-0.1, -0.05) is 5.92 Å². The lowest BCUT2D eigenvalue weighted by Crippen LogP contribution is -2.16. The average Bonchev–Trinajstić information content (AvgIpc) is 2.14. The Balaban J connectivity index is 4.04. The van der Waals surface area contributed by atoms with Crippen molar-refractivity contribution in [1.29, 1.82) is 0 Å². The lowest BCUT2D eigenvalue weighted by atomic mass is 10.6. The molecule has 0 amide bonds. The summed E-state index contributed by atoms with van der Waals surface area (Å²) in [6, 6.07) is 0. The molecule has 0 saturated heterocycles. The molecule has 0 aliphatic rings. The molecule has 0 unspecified atom stereocenters. The molecular weight excluding hydrogens is 256 g/mol. The smallest absolute Gasteiger partial charge is 0.268 e. The Labute approximate surface area is 96.2 Å². The maximum Gasteiger partial charge on any atom is 0.268 e. The second kappa shape index (κ2) is 6.85. The highest BCUT2D eigenvalue weighted by Crippen LogP contribution is 2.01. The largest absolute Gasteiger partial charge is 0.270 e. The van der Waals surface area contributed by atoms with Gasteiger partial charge in [-0.15, -0.1) is 6.42 Å². The summed E-state index contributed by atoms with van der Waals surface area (Å²) in [6.07, 6.45) is 4.73. The monoisotopic (exact) mass is 270 g/mol. The van der Waals surface area contributed by atoms with Crippen molar-refractivity contribution in [3.8, 4) is 12.3 Å². The molecule has 0 aromatic heterocycles. The predicted molar refractivity (Wildman–Crippen MR) is 58.6 cm³/mol. The minimum atomic E-state index is -3.74. The van der Waals surface area contributed by atoms with Crippen molar-refractivity contribution in [2.24, 2.45) is 0 Å². The van der Waals surface area contributed by atoms with E-state index in [1.165, 1.54) is 6.92 Å².